The predicted molar refractivity (Wildman–Crippen MR) is 65.3 cm³/mol. The molecule has 0 aromatic heterocycles. The number of rotatable bonds is 6. The average Bonchev–Trinajstić information content (AvgIpc) is 2.35. The molecule has 0 bridgehead atoms. The first kappa shape index (κ1) is 16.7. The van der Waals surface area contributed by atoms with Crippen LogP contribution in [0.5, 0.6) is 0 Å². The van der Waals surface area contributed by atoms with Gasteiger partial charge in [0, 0.05) is 18.7 Å². The van der Waals surface area contributed by atoms with Crippen LogP contribution < -0.4 is 4.72 Å². The number of hydrogen-bond acceptors (Lipinski definition) is 5. The van der Waals surface area contributed by atoms with E-state index in [4.69, 9.17) is 16.7 Å². The number of sulfonamides is 1. The number of nitrogens with zero attached hydrogens (tertiary/aromatic N) is 1. The highest BCUT2D eigenvalue weighted by Gasteiger charge is 2.24. The number of nitro benzene ring substituents is 1. The number of hydrogen-bond donors (Lipinski definition) is 2. The van der Waals surface area contributed by atoms with Gasteiger partial charge in [0.15, 0.2) is 0 Å². The van der Waals surface area contributed by atoms with E-state index in [2.05, 4.69) is 0 Å². The Morgan fingerprint density at radius 1 is 1.45 bits per heavy atom. The molecule has 0 aliphatic carbocycles. The van der Waals surface area contributed by atoms with Gasteiger partial charge in [0.25, 0.3) is 12.1 Å². The topological polar surface area (TPSA) is 110 Å². The number of aliphatic hydroxyl groups excluding tert-OH is 1. The van der Waals surface area contributed by atoms with Crippen molar-refractivity contribution in [2.45, 2.75) is 17.4 Å². The van der Waals surface area contributed by atoms with Crippen LogP contribution in [-0.4, -0.2) is 37.5 Å². The van der Waals surface area contributed by atoms with E-state index in [0.717, 1.165) is 18.2 Å². The quantitative estimate of drug-likeness (QED) is 0.600. The lowest BCUT2D eigenvalue weighted by atomic mass is 10.3. The molecule has 0 fully saturated rings. The summed E-state index contributed by atoms with van der Waals surface area (Å²) in [5, 5.41) is 18.9. The van der Waals surface area contributed by atoms with Crippen LogP contribution in [0.3, 0.4) is 0 Å². The smallest absolute Gasteiger partial charge is 0.271 e. The molecule has 2 N–H and O–H groups in total. The van der Waals surface area contributed by atoms with Crippen molar-refractivity contribution in [2.24, 2.45) is 0 Å². The summed E-state index contributed by atoms with van der Waals surface area (Å²) >= 11 is 5.60. The largest absolute Gasteiger partial charge is 0.386 e. The molecule has 0 amide bonds. The summed E-state index contributed by atoms with van der Waals surface area (Å²) in [7, 11) is -4.26. The molecule has 11 heteroatoms. The van der Waals surface area contributed by atoms with E-state index in [1.165, 1.54) is 0 Å². The molecule has 0 saturated heterocycles. The second-order valence-corrected chi connectivity index (χ2v) is 5.77. The molecule has 0 aliphatic rings. The highest BCUT2D eigenvalue weighted by Crippen LogP contribution is 2.25. The minimum absolute atomic E-state index is 0.415. The fourth-order valence-corrected chi connectivity index (χ4v) is 2.77. The maximum absolute atomic E-state index is 12.0. The number of nitro groups is 1. The summed E-state index contributed by atoms with van der Waals surface area (Å²) < 4.78 is 49.3. The third-order valence-electron chi connectivity index (χ3n) is 2.19. The van der Waals surface area contributed by atoms with Crippen molar-refractivity contribution in [1.29, 1.82) is 0 Å². The molecule has 1 aromatic rings. The van der Waals surface area contributed by atoms with Gasteiger partial charge in [-0.3, -0.25) is 10.1 Å². The van der Waals surface area contributed by atoms with Crippen LogP contribution in [0.2, 0.25) is 5.02 Å². The Labute approximate surface area is 117 Å². The van der Waals surface area contributed by atoms with Gasteiger partial charge in [-0.15, -0.1) is 0 Å². The van der Waals surface area contributed by atoms with Crippen LogP contribution in [0.15, 0.2) is 23.1 Å². The van der Waals surface area contributed by atoms with E-state index in [9.17, 15) is 27.3 Å². The molecule has 1 rings (SSSR count). The van der Waals surface area contributed by atoms with E-state index >= 15 is 0 Å². The summed E-state index contributed by atoms with van der Waals surface area (Å²) in [6, 6.07) is 2.60. The normalized spacial score (nSPS) is 13.4. The van der Waals surface area contributed by atoms with Gasteiger partial charge < -0.3 is 5.11 Å². The van der Waals surface area contributed by atoms with E-state index in [-0.39, 0.29) is 0 Å². The fraction of sp³-hybridized carbons (Fsp3) is 0.333. The van der Waals surface area contributed by atoms with Crippen LogP contribution in [0.1, 0.15) is 0 Å². The number of aliphatic hydroxyl groups is 1. The molecule has 0 radical (unpaired) electrons. The molecule has 20 heavy (non-hydrogen) atoms. The number of nitrogens with one attached hydrogen (secondary N) is 1. The van der Waals surface area contributed by atoms with Gasteiger partial charge in [-0.05, 0) is 6.07 Å². The zero-order chi connectivity index (χ0) is 15.5. The summed E-state index contributed by atoms with van der Waals surface area (Å²) in [6.45, 7) is -0.909. The zero-order valence-corrected chi connectivity index (χ0v) is 11.2. The molecule has 1 unspecified atom stereocenters. The van der Waals surface area contributed by atoms with Crippen LogP contribution in [0.25, 0.3) is 0 Å². The molecule has 0 spiro atoms. The third-order valence-corrected chi connectivity index (χ3v) is 4.10. The maximum atomic E-state index is 12.0. The van der Waals surface area contributed by atoms with Crippen LogP contribution in [-0.2, 0) is 10.0 Å². The van der Waals surface area contributed by atoms with Crippen LogP contribution in [0.4, 0.5) is 14.5 Å². The Bertz CT molecular complexity index is 610. The van der Waals surface area contributed by atoms with Crippen molar-refractivity contribution in [3.8, 4) is 0 Å². The van der Waals surface area contributed by atoms with Gasteiger partial charge in [0.05, 0.1) is 9.95 Å². The number of non-ortho nitro benzene ring substituents is 1. The Kier molecular flexibility index (Phi) is 5.34. The number of alkyl halides is 2. The van der Waals surface area contributed by atoms with Gasteiger partial charge >= 0.3 is 0 Å². The van der Waals surface area contributed by atoms with Gasteiger partial charge in [-0.1, -0.05) is 11.6 Å². The van der Waals surface area contributed by atoms with Gasteiger partial charge in [0.1, 0.15) is 11.0 Å². The highest BCUT2D eigenvalue weighted by atomic mass is 35.5. The van der Waals surface area contributed by atoms with Crippen molar-refractivity contribution in [2.75, 3.05) is 6.54 Å². The van der Waals surface area contributed by atoms with E-state index in [1.54, 1.807) is 4.72 Å². The highest BCUT2D eigenvalue weighted by molar-refractivity contribution is 7.89. The zero-order valence-electron chi connectivity index (χ0n) is 9.66. The molecule has 1 aromatic carbocycles. The van der Waals surface area contributed by atoms with Crippen molar-refractivity contribution >= 4 is 27.3 Å². The minimum atomic E-state index is -4.26. The second kappa shape index (κ2) is 6.39. The lowest BCUT2D eigenvalue weighted by Crippen LogP contribution is -2.35. The van der Waals surface area contributed by atoms with Gasteiger partial charge in [0.2, 0.25) is 10.0 Å². The lowest BCUT2D eigenvalue weighted by Gasteiger charge is -2.12. The maximum Gasteiger partial charge on any atom is 0.271 e. The van der Waals surface area contributed by atoms with Crippen molar-refractivity contribution in [1.82, 2.24) is 4.72 Å². The molecular formula is C9H9ClF2N2O5S. The standard InChI is InChI=1S/C9H9ClF2N2O5S/c10-6-3-5(14(16)17)1-2-8(6)20(18,19)13-4-7(15)9(11)12/h1-3,7,9,13,15H,4H2. The van der Waals surface area contributed by atoms with Gasteiger partial charge in [-0.2, -0.15) is 0 Å². The molecule has 112 valence electrons. The molecular weight excluding hydrogens is 322 g/mol. The first-order chi connectivity index (χ1) is 9.15. The Balaban J connectivity index is 2.96. The lowest BCUT2D eigenvalue weighted by molar-refractivity contribution is -0.384. The predicted octanol–water partition coefficient (Wildman–Crippen LogP) is 1.15. The first-order valence-electron chi connectivity index (χ1n) is 5.05. The number of benzene rings is 1. The van der Waals surface area contributed by atoms with E-state index < -0.39 is 49.6 Å². The third kappa shape index (κ3) is 4.07. The first-order valence-corrected chi connectivity index (χ1v) is 6.91. The average molecular weight is 331 g/mol. The molecule has 1 atom stereocenters. The SMILES string of the molecule is O=[N+]([O-])c1ccc(S(=O)(=O)NCC(O)C(F)F)c(Cl)c1. The Hall–Kier alpha value is -1.36. The summed E-state index contributed by atoms with van der Waals surface area (Å²) in [5.74, 6) is 0. The summed E-state index contributed by atoms with van der Waals surface area (Å²) in [5.41, 5.74) is -0.415. The van der Waals surface area contributed by atoms with Crippen molar-refractivity contribution < 1.29 is 27.2 Å². The van der Waals surface area contributed by atoms with Crippen molar-refractivity contribution in [3.63, 3.8) is 0 Å². The van der Waals surface area contributed by atoms with E-state index in [0.29, 0.717) is 0 Å². The van der Waals surface area contributed by atoms with Gasteiger partial charge in [-0.25, -0.2) is 21.9 Å². The molecule has 7 nitrogen and oxygen atoms in total. The minimum Gasteiger partial charge on any atom is -0.386 e. The van der Waals surface area contributed by atoms with Crippen molar-refractivity contribution in [3.05, 3.63) is 33.3 Å². The Morgan fingerprint density at radius 2 is 2.05 bits per heavy atom. The molecule has 0 saturated carbocycles. The monoisotopic (exact) mass is 330 g/mol. The number of halogens is 3. The second-order valence-electron chi connectivity index (χ2n) is 3.63. The summed E-state index contributed by atoms with van der Waals surface area (Å²) in [4.78, 5) is 9.19. The van der Waals surface area contributed by atoms with E-state index in [1.807, 2.05) is 0 Å². The van der Waals surface area contributed by atoms with Crippen LogP contribution in [0, 0.1) is 10.1 Å². The summed E-state index contributed by atoms with van der Waals surface area (Å²) in [6.07, 6.45) is -5.27. The van der Waals surface area contributed by atoms with Crippen LogP contribution >= 0.6 is 11.6 Å². The molecule has 0 heterocycles. The Morgan fingerprint density at radius 3 is 2.50 bits per heavy atom. The fourth-order valence-electron chi connectivity index (χ4n) is 1.18. The molecule has 0 aliphatic heterocycles.